The zero-order valence-electron chi connectivity index (χ0n) is 16.1. The van der Waals surface area contributed by atoms with Crippen molar-refractivity contribution in [2.75, 3.05) is 19.0 Å². The number of hydrogen-bond donors (Lipinski definition) is 1. The molecule has 0 aliphatic carbocycles. The van der Waals surface area contributed by atoms with Crippen LogP contribution in [-0.4, -0.2) is 34.4 Å². The van der Waals surface area contributed by atoms with Gasteiger partial charge in [0.15, 0.2) is 11.5 Å². The summed E-state index contributed by atoms with van der Waals surface area (Å²) >= 11 is 0. The predicted octanol–water partition coefficient (Wildman–Crippen LogP) is 3.36. The quantitative estimate of drug-likeness (QED) is 0.736. The van der Waals surface area contributed by atoms with Crippen LogP contribution in [0.15, 0.2) is 42.7 Å². The van der Waals surface area contributed by atoms with Crippen molar-refractivity contribution in [3.05, 3.63) is 53.9 Å². The highest BCUT2D eigenvalue weighted by Crippen LogP contribution is 2.44. The molecule has 0 fully saturated rings. The number of hydrogen-bond acceptors (Lipinski definition) is 5. The molecule has 0 radical (unpaired) electrons. The van der Waals surface area contributed by atoms with Crippen molar-refractivity contribution < 1.29 is 14.3 Å². The van der Waals surface area contributed by atoms with Crippen LogP contribution >= 0.6 is 0 Å². The average molecular weight is 378 g/mol. The summed E-state index contributed by atoms with van der Waals surface area (Å²) in [7, 11) is 3.45. The number of amides is 1. The van der Waals surface area contributed by atoms with Gasteiger partial charge in [-0.2, -0.15) is 5.10 Å². The van der Waals surface area contributed by atoms with E-state index >= 15 is 0 Å². The zero-order valence-corrected chi connectivity index (χ0v) is 16.1. The molecule has 3 aromatic rings. The number of anilines is 1. The van der Waals surface area contributed by atoms with Crippen molar-refractivity contribution >= 4 is 11.7 Å². The van der Waals surface area contributed by atoms with Crippen molar-refractivity contribution in [3.8, 4) is 22.8 Å². The monoisotopic (exact) mass is 378 g/mol. The molecule has 144 valence electrons. The van der Waals surface area contributed by atoms with Gasteiger partial charge in [0.1, 0.15) is 5.82 Å². The number of nitrogens with one attached hydrogen (secondary N) is 1. The van der Waals surface area contributed by atoms with Crippen molar-refractivity contribution in [1.82, 2.24) is 14.8 Å². The molecule has 1 aliphatic heterocycles. The van der Waals surface area contributed by atoms with Gasteiger partial charge in [0, 0.05) is 42.9 Å². The van der Waals surface area contributed by atoms with Crippen LogP contribution in [0.4, 0.5) is 5.82 Å². The van der Waals surface area contributed by atoms with E-state index in [1.54, 1.807) is 24.2 Å². The minimum absolute atomic E-state index is 0.0352. The first kappa shape index (κ1) is 18.0. The van der Waals surface area contributed by atoms with E-state index in [1.165, 1.54) is 0 Å². The molecule has 2 aromatic heterocycles. The Labute approximate surface area is 163 Å². The van der Waals surface area contributed by atoms with Crippen LogP contribution < -0.4 is 14.8 Å². The Morgan fingerprint density at radius 1 is 1.29 bits per heavy atom. The number of ether oxygens (including phenoxy) is 2. The molecule has 7 nitrogen and oxygen atoms in total. The Morgan fingerprint density at radius 3 is 2.86 bits per heavy atom. The molecule has 4 rings (SSSR count). The second-order valence-electron chi connectivity index (χ2n) is 6.62. The minimum atomic E-state index is -0.141. The summed E-state index contributed by atoms with van der Waals surface area (Å²) in [6, 6.07) is 9.67. The Bertz CT molecular complexity index is 1010. The van der Waals surface area contributed by atoms with E-state index in [9.17, 15) is 4.79 Å². The lowest BCUT2D eigenvalue weighted by Crippen LogP contribution is -2.24. The second-order valence-corrected chi connectivity index (χ2v) is 6.62. The number of aryl methyl sites for hydroxylation is 1. The highest BCUT2D eigenvalue weighted by Gasteiger charge is 2.33. The van der Waals surface area contributed by atoms with Crippen LogP contribution in [0.25, 0.3) is 11.3 Å². The number of aromatic nitrogens is 3. The SMILES string of the molecule is CCOc1cc(C2CC(=O)Nc3c2c(-c2cccnc2)nn3C)ccc1OC. The molecule has 0 spiro atoms. The molecule has 7 heteroatoms. The van der Waals surface area contributed by atoms with Crippen LogP contribution in [0.1, 0.15) is 30.4 Å². The first-order chi connectivity index (χ1) is 13.6. The molecule has 0 bridgehead atoms. The molecular formula is C21H22N4O3. The van der Waals surface area contributed by atoms with Gasteiger partial charge in [0.25, 0.3) is 0 Å². The number of nitrogens with zero attached hydrogens (tertiary/aromatic N) is 3. The fourth-order valence-corrected chi connectivity index (χ4v) is 3.67. The summed E-state index contributed by atoms with van der Waals surface area (Å²) < 4.78 is 12.9. The standard InChI is InChI=1S/C21H22N4O3/c1-4-28-17-10-13(7-8-16(17)27-3)15-11-18(26)23-21-19(15)20(24-25(21)2)14-6-5-9-22-12-14/h5-10,12,15H,4,11H2,1-3H3,(H,23,26). The number of rotatable bonds is 5. The van der Waals surface area contributed by atoms with E-state index in [0.717, 1.165) is 22.4 Å². The van der Waals surface area contributed by atoms with Crippen LogP contribution in [0, 0.1) is 0 Å². The predicted molar refractivity (Wildman–Crippen MR) is 106 cm³/mol. The van der Waals surface area contributed by atoms with Crippen molar-refractivity contribution in [1.29, 1.82) is 0 Å². The van der Waals surface area contributed by atoms with Gasteiger partial charge in [0.05, 0.1) is 19.4 Å². The van der Waals surface area contributed by atoms with Crippen molar-refractivity contribution in [2.45, 2.75) is 19.3 Å². The highest BCUT2D eigenvalue weighted by atomic mass is 16.5. The summed E-state index contributed by atoms with van der Waals surface area (Å²) in [6.07, 6.45) is 3.86. The first-order valence-corrected chi connectivity index (χ1v) is 9.20. The number of benzene rings is 1. The molecule has 1 aliphatic rings. The number of pyridine rings is 1. The molecule has 1 N–H and O–H groups in total. The van der Waals surface area contributed by atoms with Gasteiger partial charge in [-0.25, -0.2) is 0 Å². The van der Waals surface area contributed by atoms with Gasteiger partial charge in [0.2, 0.25) is 5.91 Å². The summed E-state index contributed by atoms with van der Waals surface area (Å²) in [5.74, 6) is 1.88. The Kier molecular flexibility index (Phi) is 4.73. The van der Waals surface area contributed by atoms with Gasteiger partial charge in [-0.15, -0.1) is 0 Å². The van der Waals surface area contributed by atoms with Crippen molar-refractivity contribution in [2.24, 2.45) is 7.05 Å². The van der Waals surface area contributed by atoms with E-state index in [4.69, 9.17) is 9.47 Å². The molecule has 0 saturated heterocycles. The van der Waals surface area contributed by atoms with Crippen molar-refractivity contribution in [3.63, 3.8) is 0 Å². The molecule has 1 amide bonds. The topological polar surface area (TPSA) is 78.3 Å². The van der Waals surface area contributed by atoms with E-state index in [-0.39, 0.29) is 11.8 Å². The van der Waals surface area contributed by atoms with Crippen LogP contribution in [-0.2, 0) is 11.8 Å². The summed E-state index contributed by atoms with van der Waals surface area (Å²) in [5.41, 5.74) is 3.71. The van der Waals surface area contributed by atoms with Gasteiger partial charge in [-0.05, 0) is 36.8 Å². The number of carbonyl (C=O) groups is 1. The lowest BCUT2D eigenvalue weighted by molar-refractivity contribution is -0.116. The molecule has 1 atom stereocenters. The maximum atomic E-state index is 12.4. The summed E-state index contributed by atoms with van der Waals surface area (Å²) in [5, 5.41) is 7.64. The van der Waals surface area contributed by atoms with E-state index in [1.807, 2.05) is 44.3 Å². The average Bonchev–Trinajstić information content (AvgIpc) is 3.05. The van der Waals surface area contributed by atoms with Crippen LogP contribution in [0.5, 0.6) is 11.5 Å². The maximum absolute atomic E-state index is 12.4. The lowest BCUT2D eigenvalue weighted by atomic mass is 9.84. The molecule has 1 aromatic carbocycles. The molecule has 28 heavy (non-hydrogen) atoms. The largest absolute Gasteiger partial charge is 0.493 e. The van der Waals surface area contributed by atoms with E-state index in [2.05, 4.69) is 15.4 Å². The first-order valence-electron chi connectivity index (χ1n) is 9.20. The highest BCUT2D eigenvalue weighted by molar-refractivity contribution is 5.96. The van der Waals surface area contributed by atoms with Gasteiger partial charge in [-0.3, -0.25) is 14.5 Å². The number of methoxy groups -OCH3 is 1. The molecule has 3 heterocycles. The minimum Gasteiger partial charge on any atom is -0.493 e. The Hall–Kier alpha value is -3.35. The third kappa shape index (κ3) is 3.09. The molecule has 0 saturated carbocycles. The summed E-state index contributed by atoms with van der Waals surface area (Å²) in [4.78, 5) is 16.6. The smallest absolute Gasteiger partial charge is 0.226 e. The fourth-order valence-electron chi connectivity index (χ4n) is 3.67. The fraction of sp³-hybridized carbons (Fsp3) is 0.286. The van der Waals surface area contributed by atoms with E-state index < -0.39 is 0 Å². The van der Waals surface area contributed by atoms with Gasteiger partial charge < -0.3 is 14.8 Å². The van der Waals surface area contributed by atoms with Crippen LogP contribution in [0.3, 0.4) is 0 Å². The van der Waals surface area contributed by atoms with E-state index in [0.29, 0.717) is 30.3 Å². The number of fused-ring (bicyclic) bond motifs is 1. The maximum Gasteiger partial charge on any atom is 0.226 e. The number of carbonyl (C=O) groups excluding carboxylic acids is 1. The normalized spacial score (nSPS) is 15.7. The second kappa shape index (κ2) is 7.34. The van der Waals surface area contributed by atoms with Crippen LogP contribution in [0.2, 0.25) is 0 Å². The van der Waals surface area contributed by atoms with Gasteiger partial charge in [-0.1, -0.05) is 6.07 Å². The summed E-state index contributed by atoms with van der Waals surface area (Å²) in [6.45, 7) is 2.46. The Balaban J connectivity index is 1.87. The molecule has 1 unspecified atom stereocenters. The Morgan fingerprint density at radius 2 is 2.14 bits per heavy atom. The molecular weight excluding hydrogens is 356 g/mol. The zero-order chi connectivity index (χ0) is 19.7. The van der Waals surface area contributed by atoms with Gasteiger partial charge >= 0.3 is 0 Å². The third-order valence-corrected chi connectivity index (χ3v) is 4.90. The third-order valence-electron chi connectivity index (χ3n) is 4.90. The lowest BCUT2D eigenvalue weighted by Gasteiger charge is -2.25.